The Kier molecular flexibility index (Phi) is 3.91. The standard InChI is InChI=1S/C16H22N4O4/c1-9-12(8-20(19-9)11-2-4-23-5-3-11)15(21)18-13-6-10-7-14(13)24-16(22)17-10/h8,10-11,13-14H,2-7H2,1H3,(H,17,22)(H,18,21)/t10-,13-,14-/m1/s1. The van der Waals surface area contributed by atoms with Crippen molar-refractivity contribution in [2.75, 3.05) is 13.2 Å². The smallest absolute Gasteiger partial charge is 0.407 e. The lowest BCUT2D eigenvalue weighted by Crippen LogP contribution is -2.44. The Morgan fingerprint density at radius 2 is 2.17 bits per heavy atom. The molecular weight excluding hydrogens is 312 g/mol. The Bertz CT molecular complexity index is 653. The van der Waals surface area contributed by atoms with Crippen molar-refractivity contribution in [2.45, 2.75) is 56.8 Å². The number of carbonyl (C=O) groups excluding carboxylic acids is 2. The summed E-state index contributed by atoms with van der Waals surface area (Å²) in [5.74, 6) is -0.153. The predicted octanol–water partition coefficient (Wildman–Crippen LogP) is 0.912. The third-order valence-corrected chi connectivity index (χ3v) is 5.13. The molecule has 0 radical (unpaired) electrons. The van der Waals surface area contributed by atoms with E-state index in [1.165, 1.54) is 0 Å². The van der Waals surface area contributed by atoms with Crippen LogP contribution in [0.5, 0.6) is 0 Å². The molecule has 0 spiro atoms. The lowest BCUT2D eigenvalue weighted by atomic mass is 10.1. The molecule has 24 heavy (non-hydrogen) atoms. The second-order valence-corrected chi connectivity index (χ2v) is 6.79. The zero-order valence-corrected chi connectivity index (χ0v) is 13.7. The molecule has 4 rings (SSSR count). The first-order valence-electron chi connectivity index (χ1n) is 8.51. The highest BCUT2D eigenvalue weighted by molar-refractivity contribution is 5.95. The van der Waals surface area contributed by atoms with Gasteiger partial charge in [0.25, 0.3) is 5.91 Å². The molecule has 2 saturated heterocycles. The molecule has 0 aromatic carbocycles. The van der Waals surface area contributed by atoms with Crippen LogP contribution in [0, 0.1) is 6.92 Å². The van der Waals surface area contributed by atoms with Gasteiger partial charge in [-0.2, -0.15) is 5.10 Å². The van der Waals surface area contributed by atoms with Gasteiger partial charge in [-0.3, -0.25) is 9.48 Å². The Hall–Kier alpha value is -2.09. The van der Waals surface area contributed by atoms with Gasteiger partial charge in [0, 0.05) is 31.9 Å². The Labute approximate surface area is 139 Å². The zero-order chi connectivity index (χ0) is 16.7. The van der Waals surface area contributed by atoms with Crippen LogP contribution in [0.15, 0.2) is 6.20 Å². The molecule has 8 nitrogen and oxygen atoms in total. The fourth-order valence-electron chi connectivity index (χ4n) is 3.82. The first kappa shape index (κ1) is 15.4. The van der Waals surface area contributed by atoms with Gasteiger partial charge in [-0.05, 0) is 26.2 Å². The average Bonchev–Trinajstić information content (AvgIpc) is 3.08. The summed E-state index contributed by atoms with van der Waals surface area (Å²) >= 11 is 0. The number of hydrogen-bond donors (Lipinski definition) is 2. The van der Waals surface area contributed by atoms with Crippen molar-refractivity contribution in [3.05, 3.63) is 17.5 Å². The molecule has 0 unspecified atom stereocenters. The molecule has 3 aliphatic rings. The molecule has 2 N–H and O–H groups in total. The van der Waals surface area contributed by atoms with Crippen LogP contribution in [-0.4, -0.2) is 53.2 Å². The fourth-order valence-corrected chi connectivity index (χ4v) is 3.82. The lowest BCUT2D eigenvalue weighted by Gasteiger charge is -2.23. The normalized spacial score (nSPS) is 29.9. The van der Waals surface area contributed by atoms with Crippen LogP contribution < -0.4 is 10.6 Å². The number of nitrogens with one attached hydrogen (secondary N) is 2. The van der Waals surface area contributed by atoms with Crippen LogP contribution in [0.25, 0.3) is 0 Å². The Morgan fingerprint density at radius 1 is 1.38 bits per heavy atom. The molecular formula is C16H22N4O4. The largest absolute Gasteiger partial charge is 0.444 e. The molecule has 1 saturated carbocycles. The highest BCUT2D eigenvalue weighted by atomic mass is 16.6. The van der Waals surface area contributed by atoms with Crippen LogP contribution in [0.2, 0.25) is 0 Å². The zero-order valence-electron chi connectivity index (χ0n) is 13.7. The van der Waals surface area contributed by atoms with Gasteiger partial charge in [0.2, 0.25) is 0 Å². The number of aryl methyl sites for hydroxylation is 1. The average molecular weight is 334 g/mol. The van der Waals surface area contributed by atoms with Gasteiger partial charge in [-0.15, -0.1) is 0 Å². The summed E-state index contributed by atoms with van der Waals surface area (Å²) in [4.78, 5) is 24.0. The summed E-state index contributed by atoms with van der Waals surface area (Å²) in [6.07, 6.45) is 4.47. The van der Waals surface area contributed by atoms with Crippen LogP contribution >= 0.6 is 0 Å². The molecule has 2 amide bonds. The van der Waals surface area contributed by atoms with E-state index < -0.39 is 6.09 Å². The summed E-state index contributed by atoms with van der Waals surface area (Å²) in [6, 6.07) is 0.231. The SMILES string of the molecule is Cc1nn(C2CCOCC2)cc1C(=O)N[C@@H]1C[C@@H]2C[C@H]1OC(=O)N2. The summed E-state index contributed by atoms with van der Waals surface area (Å²) in [5, 5.41) is 10.3. The molecule has 2 bridgehead atoms. The number of amides is 2. The van der Waals surface area contributed by atoms with Crippen LogP contribution in [0.4, 0.5) is 4.79 Å². The van der Waals surface area contributed by atoms with Gasteiger partial charge < -0.3 is 20.1 Å². The lowest BCUT2D eigenvalue weighted by molar-refractivity contribution is 0.0653. The second kappa shape index (κ2) is 6.08. The number of nitrogens with zero attached hydrogens (tertiary/aromatic N) is 2. The topological polar surface area (TPSA) is 94.5 Å². The summed E-state index contributed by atoms with van der Waals surface area (Å²) in [6.45, 7) is 3.31. The van der Waals surface area contributed by atoms with Gasteiger partial charge in [0.15, 0.2) is 0 Å². The van der Waals surface area contributed by atoms with Crippen LogP contribution in [0.3, 0.4) is 0 Å². The molecule has 3 atom stereocenters. The molecule has 1 aromatic heterocycles. The predicted molar refractivity (Wildman–Crippen MR) is 83.7 cm³/mol. The van der Waals surface area contributed by atoms with Crippen molar-refractivity contribution in [1.29, 1.82) is 0 Å². The van der Waals surface area contributed by atoms with Gasteiger partial charge in [0.05, 0.1) is 23.3 Å². The quantitative estimate of drug-likeness (QED) is 0.857. The molecule has 3 heterocycles. The minimum absolute atomic E-state index is 0.0904. The van der Waals surface area contributed by atoms with E-state index >= 15 is 0 Å². The number of hydrogen-bond acceptors (Lipinski definition) is 5. The number of fused-ring (bicyclic) bond motifs is 2. The van der Waals surface area contributed by atoms with Crippen molar-refractivity contribution < 1.29 is 19.1 Å². The Balaban J connectivity index is 1.45. The molecule has 8 heteroatoms. The van der Waals surface area contributed by atoms with E-state index in [9.17, 15) is 9.59 Å². The molecule has 1 aliphatic carbocycles. The van der Waals surface area contributed by atoms with E-state index in [0.717, 1.165) is 38.2 Å². The van der Waals surface area contributed by atoms with Crippen molar-refractivity contribution >= 4 is 12.0 Å². The first-order chi connectivity index (χ1) is 11.6. The highest BCUT2D eigenvalue weighted by Crippen LogP contribution is 2.27. The van der Waals surface area contributed by atoms with E-state index in [2.05, 4.69) is 15.7 Å². The van der Waals surface area contributed by atoms with Crippen LogP contribution in [0.1, 0.15) is 47.8 Å². The minimum atomic E-state index is -0.392. The maximum Gasteiger partial charge on any atom is 0.407 e. The molecule has 2 aliphatic heterocycles. The van der Waals surface area contributed by atoms with E-state index in [1.54, 1.807) is 0 Å². The summed E-state index contributed by atoms with van der Waals surface area (Å²) in [5.41, 5.74) is 1.30. The second-order valence-electron chi connectivity index (χ2n) is 6.79. The van der Waals surface area contributed by atoms with E-state index in [1.807, 2.05) is 17.8 Å². The minimum Gasteiger partial charge on any atom is -0.444 e. The van der Waals surface area contributed by atoms with Crippen molar-refractivity contribution in [2.24, 2.45) is 0 Å². The number of ether oxygens (including phenoxy) is 2. The Morgan fingerprint density at radius 3 is 2.96 bits per heavy atom. The van der Waals surface area contributed by atoms with Crippen LogP contribution in [-0.2, 0) is 9.47 Å². The van der Waals surface area contributed by atoms with E-state index in [0.29, 0.717) is 12.0 Å². The van der Waals surface area contributed by atoms with Gasteiger partial charge >= 0.3 is 6.09 Å². The molecule has 130 valence electrons. The monoisotopic (exact) mass is 334 g/mol. The third-order valence-electron chi connectivity index (χ3n) is 5.13. The summed E-state index contributed by atoms with van der Waals surface area (Å²) < 4.78 is 12.5. The molecule has 1 aromatic rings. The summed E-state index contributed by atoms with van der Waals surface area (Å²) in [7, 11) is 0. The van der Waals surface area contributed by atoms with Crippen molar-refractivity contribution in [3.8, 4) is 0 Å². The number of alkyl carbamates (subject to hydrolysis) is 1. The number of rotatable bonds is 3. The van der Waals surface area contributed by atoms with Crippen molar-refractivity contribution in [1.82, 2.24) is 20.4 Å². The maximum atomic E-state index is 12.6. The third kappa shape index (κ3) is 2.86. The molecule has 3 fully saturated rings. The van der Waals surface area contributed by atoms with E-state index in [4.69, 9.17) is 9.47 Å². The fraction of sp³-hybridized carbons (Fsp3) is 0.688. The van der Waals surface area contributed by atoms with Gasteiger partial charge in [-0.1, -0.05) is 0 Å². The van der Waals surface area contributed by atoms with Crippen molar-refractivity contribution in [3.63, 3.8) is 0 Å². The number of aromatic nitrogens is 2. The highest BCUT2D eigenvalue weighted by Gasteiger charge is 2.42. The van der Waals surface area contributed by atoms with E-state index in [-0.39, 0.29) is 30.1 Å². The maximum absolute atomic E-state index is 12.6. The first-order valence-corrected chi connectivity index (χ1v) is 8.51. The van der Waals surface area contributed by atoms with Gasteiger partial charge in [-0.25, -0.2) is 4.79 Å². The van der Waals surface area contributed by atoms with Gasteiger partial charge in [0.1, 0.15) is 6.10 Å². The number of carbonyl (C=O) groups is 2.